The molecule has 0 heterocycles. The van der Waals surface area contributed by atoms with Gasteiger partial charge in [0.1, 0.15) is 6.67 Å². The molecule has 0 amide bonds. The monoisotopic (exact) mass is 532 g/mol. The first-order valence-electron chi connectivity index (χ1n) is 10.7. The Hall–Kier alpha value is -3.01. The van der Waals surface area contributed by atoms with Crippen LogP contribution in [0.5, 0.6) is 0 Å². The minimum absolute atomic E-state index is 0.0146. The van der Waals surface area contributed by atoms with E-state index in [0.29, 0.717) is 0 Å². The van der Waals surface area contributed by atoms with Gasteiger partial charge in [0.25, 0.3) is 0 Å². The second kappa shape index (κ2) is 14.5. The molecule has 0 bridgehead atoms. The molecule has 36 heavy (non-hydrogen) atoms. The highest BCUT2D eigenvalue weighted by atomic mass is 32.2. The molecule has 0 spiro atoms. The molecule has 10 heteroatoms. The van der Waals surface area contributed by atoms with Crippen LogP contribution in [0.15, 0.2) is 106 Å². The van der Waals surface area contributed by atoms with E-state index in [4.69, 9.17) is 0 Å². The van der Waals surface area contributed by atoms with Crippen molar-refractivity contribution in [2.45, 2.75) is 51.7 Å². The first-order valence-corrected chi connectivity index (χ1v) is 11.9. The van der Waals surface area contributed by atoms with Gasteiger partial charge in [0.05, 0.1) is 16.9 Å². The summed E-state index contributed by atoms with van der Waals surface area (Å²) < 4.78 is 86.8. The molecule has 0 aromatic heterocycles. The fraction of sp³-hybridized carbons (Fsp3) is 0.269. The van der Waals surface area contributed by atoms with Crippen molar-refractivity contribution >= 4 is 16.9 Å². The average Bonchev–Trinajstić information content (AvgIpc) is 2.92. The molecule has 0 N–H and O–H groups in total. The van der Waals surface area contributed by atoms with Gasteiger partial charge in [0.15, 0.2) is 51.7 Å². The molecule has 0 saturated carbocycles. The molecule has 194 valence electrons. The molecule has 0 aliphatic carbocycles. The van der Waals surface area contributed by atoms with Crippen LogP contribution in [0.25, 0.3) is 0 Å². The van der Waals surface area contributed by atoms with Crippen LogP contribution in [0.4, 0.5) is 30.7 Å². The Morgan fingerprint density at radius 1 is 0.611 bits per heavy atom. The lowest BCUT2D eigenvalue weighted by Crippen LogP contribution is -2.48. The topological polar surface area (TPSA) is 40.1 Å². The van der Waals surface area contributed by atoms with Gasteiger partial charge < -0.3 is 9.90 Å². The second-order valence-corrected chi connectivity index (χ2v) is 9.44. The summed E-state index contributed by atoms with van der Waals surface area (Å²) in [5.41, 5.74) is 0. The Balaban J connectivity index is 0.000000256. The van der Waals surface area contributed by atoms with Gasteiger partial charge in [-0.15, -0.1) is 0 Å². The van der Waals surface area contributed by atoms with E-state index in [1.807, 2.05) is 0 Å². The van der Waals surface area contributed by atoms with E-state index in [1.165, 1.54) is 14.7 Å². The molecule has 2 nitrogen and oxygen atoms in total. The minimum atomic E-state index is -3.58. The molecule has 3 aromatic rings. The largest absolute Gasteiger partial charge is 0.547 e. The van der Waals surface area contributed by atoms with Gasteiger partial charge >= 0.3 is 0 Å². The summed E-state index contributed by atoms with van der Waals surface area (Å²) in [5.74, 6) is -2.66. The number of hydrogen-bond donors (Lipinski definition) is 0. The number of rotatable bonds is 10. The highest BCUT2D eigenvalue weighted by Gasteiger charge is 2.43. The molecular weight excluding hydrogens is 509 g/mol. The van der Waals surface area contributed by atoms with Crippen LogP contribution < -0.4 is 5.11 Å². The van der Waals surface area contributed by atoms with Crippen molar-refractivity contribution in [3.63, 3.8) is 0 Å². The number of carboxylic acid groups (broad SMARTS) is 1. The van der Waals surface area contributed by atoms with E-state index in [1.54, 1.807) is 0 Å². The number of carboxylic acids is 1. The molecule has 3 rings (SSSR count). The fourth-order valence-electron chi connectivity index (χ4n) is 3.01. The summed E-state index contributed by atoms with van der Waals surface area (Å²) in [6.07, 6.45) is -20.6. The summed E-state index contributed by atoms with van der Waals surface area (Å²) in [7, 11) is -0.0146. The number of aliphatic carboxylic acids is 1. The molecule has 6 atom stereocenters. The van der Waals surface area contributed by atoms with Gasteiger partial charge in [-0.2, -0.15) is 0 Å². The number of benzene rings is 3. The third kappa shape index (κ3) is 8.01. The smallest absolute Gasteiger partial charge is 0.173 e. The summed E-state index contributed by atoms with van der Waals surface area (Å²) in [6.45, 7) is -1.98. The van der Waals surface area contributed by atoms with Crippen molar-refractivity contribution in [2.24, 2.45) is 0 Å². The van der Waals surface area contributed by atoms with Gasteiger partial charge in [0, 0.05) is 0 Å². The predicted octanol–water partition coefficient (Wildman–Crippen LogP) is 5.52. The standard InChI is InChI=1S/C18H15S.C8H9F7O2/c1-4-10-16(11-5-1)19(17-12-6-2-7-13-17)18-14-8-3-9-15-18;9-1-2(10)3(11)4(12)5(13)6(14)7(15)8(16)17/h1-15H;2-7H,1H2,(H,16,17)/q+1;/p-1. The Morgan fingerprint density at radius 3 is 1.25 bits per heavy atom. The van der Waals surface area contributed by atoms with Crippen LogP contribution in [0.1, 0.15) is 0 Å². The number of halogens is 7. The van der Waals surface area contributed by atoms with Gasteiger partial charge in [-0.1, -0.05) is 54.6 Å². The van der Waals surface area contributed by atoms with Crippen LogP contribution >= 0.6 is 0 Å². The summed E-state index contributed by atoms with van der Waals surface area (Å²) in [6, 6.07) is 32.2. The molecule has 0 aliphatic rings. The van der Waals surface area contributed by atoms with E-state index in [2.05, 4.69) is 91.0 Å². The molecule has 0 radical (unpaired) electrons. The normalized spacial score (nSPS) is 16.1. The molecular formula is C26H23F7O2S. The molecule has 0 aliphatic heterocycles. The third-order valence-corrected chi connectivity index (χ3v) is 7.08. The van der Waals surface area contributed by atoms with Gasteiger partial charge in [-0.05, 0) is 36.4 Å². The predicted molar refractivity (Wildman–Crippen MR) is 122 cm³/mol. The van der Waals surface area contributed by atoms with Crippen molar-refractivity contribution in [1.29, 1.82) is 0 Å². The van der Waals surface area contributed by atoms with Crippen LogP contribution in [-0.2, 0) is 15.7 Å². The number of hydrogen-bond acceptors (Lipinski definition) is 2. The van der Waals surface area contributed by atoms with Crippen molar-refractivity contribution in [3.8, 4) is 0 Å². The number of carbonyl (C=O) groups is 1. The third-order valence-electron chi connectivity index (χ3n) is 4.85. The zero-order chi connectivity index (χ0) is 26.7. The Bertz CT molecular complexity index is 936. The SMILES string of the molecule is O=C([O-])C(F)C(F)C(F)C(F)C(F)C(F)CF.c1ccc([S+](c2ccccc2)c2ccccc2)cc1. The Labute approximate surface area is 207 Å². The lowest BCUT2D eigenvalue weighted by atomic mass is 10.0. The quantitative estimate of drug-likeness (QED) is 0.255. The first-order chi connectivity index (χ1) is 17.2. The van der Waals surface area contributed by atoms with Crippen LogP contribution in [0, 0.1) is 0 Å². The lowest BCUT2D eigenvalue weighted by molar-refractivity contribution is -0.314. The Morgan fingerprint density at radius 2 is 0.944 bits per heavy atom. The summed E-state index contributed by atoms with van der Waals surface area (Å²) in [4.78, 5) is 13.9. The average molecular weight is 533 g/mol. The van der Waals surface area contributed by atoms with Crippen molar-refractivity contribution in [2.75, 3.05) is 6.67 Å². The van der Waals surface area contributed by atoms with E-state index in [9.17, 15) is 40.6 Å². The van der Waals surface area contributed by atoms with Crippen molar-refractivity contribution in [3.05, 3.63) is 91.0 Å². The van der Waals surface area contributed by atoms with Gasteiger partial charge in [0.2, 0.25) is 0 Å². The van der Waals surface area contributed by atoms with E-state index in [-0.39, 0.29) is 10.9 Å². The Kier molecular flexibility index (Phi) is 11.8. The maximum Gasteiger partial charge on any atom is 0.173 e. The maximum atomic E-state index is 12.7. The molecule has 0 fully saturated rings. The first kappa shape index (κ1) is 29.2. The van der Waals surface area contributed by atoms with Crippen LogP contribution in [-0.4, -0.2) is 49.7 Å². The highest BCUT2D eigenvalue weighted by Crippen LogP contribution is 2.30. The minimum Gasteiger partial charge on any atom is -0.547 e. The van der Waals surface area contributed by atoms with Gasteiger partial charge in [-0.3, -0.25) is 0 Å². The number of alkyl halides is 7. The highest BCUT2D eigenvalue weighted by molar-refractivity contribution is 7.97. The van der Waals surface area contributed by atoms with E-state index in [0.717, 1.165) is 0 Å². The molecule has 6 unspecified atom stereocenters. The second-order valence-electron chi connectivity index (χ2n) is 7.41. The van der Waals surface area contributed by atoms with E-state index >= 15 is 0 Å². The van der Waals surface area contributed by atoms with Crippen molar-refractivity contribution in [1.82, 2.24) is 0 Å². The number of carbonyl (C=O) groups excluding carboxylic acids is 1. The zero-order valence-corrected chi connectivity index (χ0v) is 19.5. The van der Waals surface area contributed by atoms with E-state index < -0.39 is 49.7 Å². The van der Waals surface area contributed by atoms with Crippen LogP contribution in [0.3, 0.4) is 0 Å². The molecule has 3 aromatic carbocycles. The zero-order valence-electron chi connectivity index (χ0n) is 18.7. The van der Waals surface area contributed by atoms with Gasteiger partial charge in [-0.25, -0.2) is 30.7 Å². The fourth-order valence-corrected chi connectivity index (χ4v) is 5.11. The lowest BCUT2D eigenvalue weighted by Gasteiger charge is -2.23. The molecule has 0 saturated heterocycles. The van der Waals surface area contributed by atoms with Crippen LogP contribution in [0.2, 0.25) is 0 Å². The van der Waals surface area contributed by atoms with Crippen molar-refractivity contribution < 1.29 is 40.6 Å². The maximum absolute atomic E-state index is 12.7. The summed E-state index contributed by atoms with van der Waals surface area (Å²) >= 11 is 0. The summed E-state index contributed by atoms with van der Waals surface area (Å²) in [5, 5.41) is 9.78.